The molecule has 0 spiro atoms. The van der Waals surface area contributed by atoms with Gasteiger partial charge in [-0.15, -0.1) is 0 Å². The predicted molar refractivity (Wildman–Crippen MR) is 73.9 cm³/mol. The van der Waals surface area contributed by atoms with Crippen LogP contribution in [0.2, 0.25) is 0 Å². The van der Waals surface area contributed by atoms with Crippen molar-refractivity contribution in [1.82, 2.24) is 15.1 Å². The van der Waals surface area contributed by atoms with E-state index in [1.165, 1.54) is 7.11 Å². The number of nitrogens with zero attached hydrogens (tertiary/aromatic N) is 2. The number of nitrogens with one attached hydrogen (secondary N) is 1. The van der Waals surface area contributed by atoms with E-state index >= 15 is 0 Å². The first-order chi connectivity index (χ1) is 9.65. The van der Waals surface area contributed by atoms with E-state index in [0.29, 0.717) is 23.6 Å². The van der Waals surface area contributed by atoms with Crippen LogP contribution in [-0.2, 0) is 6.54 Å². The number of methoxy groups -OCH3 is 2. The second-order valence-corrected chi connectivity index (χ2v) is 4.33. The van der Waals surface area contributed by atoms with E-state index in [2.05, 4.69) is 10.2 Å². The van der Waals surface area contributed by atoms with Crippen molar-refractivity contribution in [2.24, 2.45) is 0 Å². The molecule has 0 unspecified atom stereocenters. The van der Waals surface area contributed by atoms with E-state index < -0.39 is 0 Å². The topological polar surface area (TPSA) is 67.5 Å². The van der Waals surface area contributed by atoms with Gasteiger partial charge in [0.05, 0.1) is 26.0 Å². The minimum Gasteiger partial charge on any atom is -0.497 e. The zero-order valence-corrected chi connectivity index (χ0v) is 11.7. The van der Waals surface area contributed by atoms with Gasteiger partial charge in [-0.2, -0.15) is 5.10 Å². The fourth-order valence-electron chi connectivity index (χ4n) is 1.90. The Balaban J connectivity index is 2.22. The maximum atomic E-state index is 12.5. The molecule has 0 aliphatic heterocycles. The molecule has 2 aromatic rings. The van der Waals surface area contributed by atoms with Crippen LogP contribution in [0.5, 0.6) is 11.5 Å². The number of hydrogen-bond donors (Lipinski definition) is 1. The van der Waals surface area contributed by atoms with Crippen molar-refractivity contribution in [3.05, 3.63) is 41.7 Å². The largest absolute Gasteiger partial charge is 0.497 e. The molecule has 1 aromatic carbocycles. The fraction of sp³-hybridized carbons (Fsp3) is 0.286. The first-order valence-corrected chi connectivity index (χ1v) is 6.11. The Labute approximate surface area is 117 Å². The highest BCUT2D eigenvalue weighted by atomic mass is 16.5. The van der Waals surface area contributed by atoms with Gasteiger partial charge in [-0.05, 0) is 18.2 Å². The van der Waals surface area contributed by atoms with Crippen LogP contribution in [-0.4, -0.2) is 42.3 Å². The number of H-pyrrole nitrogens is 1. The average molecular weight is 275 g/mol. The molecule has 1 heterocycles. The van der Waals surface area contributed by atoms with E-state index in [0.717, 1.165) is 5.56 Å². The van der Waals surface area contributed by atoms with Gasteiger partial charge in [-0.25, -0.2) is 0 Å². The van der Waals surface area contributed by atoms with Crippen molar-refractivity contribution >= 4 is 5.91 Å². The fourth-order valence-corrected chi connectivity index (χ4v) is 1.90. The lowest BCUT2D eigenvalue weighted by Crippen LogP contribution is -2.26. The van der Waals surface area contributed by atoms with E-state index in [1.807, 2.05) is 0 Å². The van der Waals surface area contributed by atoms with Crippen LogP contribution in [0, 0.1) is 0 Å². The quantitative estimate of drug-likeness (QED) is 0.901. The van der Waals surface area contributed by atoms with E-state index in [1.54, 1.807) is 49.7 Å². The van der Waals surface area contributed by atoms with Gasteiger partial charge in [0, 0.05) is 25.4 Å². The van der Waals surface area contributed by atoms with Gasteiger partial charge in [-0.1, -0.05) is 0 Å². The van der Waals surface area contributed by atoms with Crippen LogP contribution in [0.25, 0.3) is 0 Å². The SMILES string of the molecule is COc1ccc(OC)c(C(=O)N(C)Cc2cn[nH]c2)c1. The number of benzene rings is 1. The Morgan fingerprint density at radius 1 is 1.35 bits per heavy atom. The summed E-state index contributed by atoms with van der Waals surface area (Å²) in [5.74, 6) is 1.00. The maximum absolute atomic E-state index is 12.5. The molecule has 0 fully saturated rings. The number of aromatic nitrogens is 2. The van der Waals surface area contributed by atoms with Gasteiger partial charge in [-0.3, -0.25) is 9.89 Å². The summed E-state index contributed by atoms with van der Waals surface area (Å²) >= 11 is 0. The molecule has 0 radical (unpaired) electrons. The summed E-state index contributed by atoms with van der Waals surface area (Å²) in [6.07, 6.45) is 3.44. The van der Waals surface area contributed by atoms with E-state index in [-0.39, 0.29) is 5.91 Å². The Kier molecular flexibility index (Phi) is 4.24. The molecule has 0 saturated carbocycles. The zero-order valence-electron chi connectivity index (χ0n) is 11.7. The number of rotatable bonds is 5. The Morgan fingerprint density at radius 2 is 2.15 bits per heavy atom. The number of amides is 1. The van der Waals surface area contributed by atoms with Crippen LogP contribution in [0.4, 0.5) is 0 Å². The van der Waals surface area contributed by atoms with Crippen molar-refractivity contribution in [1.29, 1.82) is 0 Å². The normalized spacial score (nSPS) is 10.2. The zero-order chi connectivity index (χ0) is 14.5. The third-order valence-electron chi connectivity index (χ3n) is 2.96. The smallest absolute Gasteiger partial charge is 0.257 e. The highest BCUT2D eigenvalue weighted by Crippen LogP contribution is 2.25. The number of aromatic amines is 1. The minimum absolute atomic E-state index is 0.137. The van der Waals surface area contributed by atoms with Gasteiger partial charge >= 0.3 is 0 Å². The molecule has 20 heavy (non-hydrogen) atoms. The van der Waals surface area contributed by atoms with Crippen molar-refractivity contribution in [3.8, 4) is 11.5 Å². The number of carbonyl (C=O) groups excluding carboxylic acids is 1. The highest BCUT2D eigenvalue weighted by molar-refractivity contribution is 5.97. The number of hydrogen-bond acceptors (Lipinski definition) is 4. The van der Waals surface area contributed by atoms with Crippen molar-refractivity contribution in [2.45, 2.75) is 6.54 Å². The second kappa shape index (κ2) is 6.10. The summed E-state index contributed by atoms with van der Waals surface area (Å²) in [5, 5.41) is 6.58. The first-order valence-electron chi connectivity index (χ1n) is 6.11. The molecular formula is C14H17N3O3. The molecule has 0 aliphatic rings. The molecule has 0 atom stereocenters. The van der Waals surface area contributed by atoms with Gasteiger partial charge < -0.3 is 14.4 Å². The molecular weight excluding hydrogens is 258 g/mol. The van der Waals surface area contributed by atoms with Crippen LogP contribution >= 0.6 is 0 Å². The highest BCUT2D eigenvalue weighted by Gasteiger charge is 2.18. The molecule has 6 nitrogen and oxygen atoms in total. The van der Waals surface area contributed by atoms with Crippen molar-refractivity contribution in [3.63, 3.8) is 0 Å². The molecule has 1 amide bonds. The lowest BCUT2D eigenvalue weighted by Gasteiger charge is -2.18. The van der Waals surface area contributed by atoms with E-state index in [9.17, 15) is 4.79 Å². The van der Waals surface area contributed by atoms with E-state index in [4.69, 9.17) is 9.47 Å². The van der Waals surface area contributed by atoms with Crippen molar-refractivity contribution in [2.75, 3.05) is 21.3 Å². The molecule has 106 valence electrons. The predicted octanol–water partition coefficient (Wildman–Crippen LogP) is 1.70. The lowest BCUT2D eigenvalue weighted by molar-refractivity contribution is 0.0781. The third kappa shape index (κ3) is 2.90. The minimum atomic E-state index is -0.137. The molecule has 0 aliphatic carbocycles. The Bertz CT molecular complexity index is 581. The number of carbonyl (C=O) groups is 1. The Morgan fingerprint density at radius 3 is 2.75 bits per heavy atom. The third-order valence-corrected chi connectivity index (χ3v) is 2.96. The summed E-state index contributed by atoms with van der Waals surface area (Å²) in [6.45, 7) is 0.468. The molecule has 0 saturated heterocycles. The molecule has 0 bridgehead atoms. The summed E-state index contributed by atoms with van der Waals surface area (Å²) < 4.78 is 10.4. The van der Waals surface area contributed by atoms with Crippen LogP contribution in [0.1, 0.15) is 15.9 Å². The first kappa shape index (κ1) is 13.9. The molecule has 1 N–H and O–H groups in total. The standard InChI is InChI=1S/C14H17N3O3/c1-17(9-10-7-15-16-8-10)14(18)12-6-11(19-2)4-5-13(12)20-3/h4-8H,9H2,1-3H3,(H,15,16). The summed E-state index contributed by atoms with van der Waals surface area (Å²) in [5.41, 5.74) is 1.40. The monoisotopic (exact) mass is 275 g/mol. The lowest BCUT2D eigenvalue weighted by atomic mass is 10.1. The summed E-state index contributed by atoms with van der Waals surface area (Å²) in [6, 6.07) is 5.15. The van der Waals surface area contributed by atoms with Crippen LogP contribution < -0.4 is 9.47 Å². The van der Waals surface area contributed by atoms with Crippen LogP contribution in [0.15, 0.2) is 30.6 Å². The van der Waals surface area contributed by atoms with Gasteiger partial charge in [0.2, 0.25) is 0 Å². The van der Waals surface area contributed by atoms with Gasteiger partial charge in [0.15, 0.2) is 0 Å². The van der Waals surface area contributed by atoms with Crippen molar-refractivity contribution < 1.29 is 14.3 Å². The number of ether oxygens (including phenoxy) is 2. The van der Waals surface area contributed by atoms with Crippen LogP contribution in [0.3, 0.4) is 0 Å². The molecule has 1 aromatic heterocycles. The maximum Gasteiger partial charge on any atom is 0.257 e. The molecule has 2 rings (SSSR count). The van der Waals surface area contributed by atoms with Gasteiger partial charge in [0.25, 0.3) is 5.91 Å². The Hall–Kier alpha value is -2.50. The summed E-state index contributed by atoms with van der Waals surface area (Å²) in [7, 11) is 4.83. The average Bonchev–Trinajstić information content (AvgIpc) is 2.98. The molecule has 6 heteroatoms. The summed E-state index contributed by atoms with van der Waals surface area (Å²) in [4.78, 5) is 14.1. The second-order valence-electron chi connectivity index (χ2n) is 4.33. The van der Waals surface area contributed by atoms with Gasteiger partial charge in [0.1, 0.15) is 11.5 Å².